The number of piperidine rings is 1. The van der Waals surface area contributed by atoms with Gasteiger partial charge in [0, 0.05) is 4.92 Å². The molecule has 35 heavy (non-hydrogen) atoms. The first kappa shape index (κ1) is 25.6. The third-order valence-electron chi connectivity index (χ3n) is 5.99. The van der Waals surface area contributed by atoms with Crippen LogP contribution in [0.3, 0.4) is 0 Å². The summed E-state index contributed by atoms with van der Waals surface area (Å²) in [4.78, 5) is 38.1. The molecule has 1 N–H and O–H groups in total. The van der Waals surface area contributed by atoms with Gasteiger partial charge in [0.1, 0.15) is 12.0 Å². The largest absolute Gasteiger partial charge is 0.493 e. The van der Waals surface area contributed by atoms with E-state index in [2.05, 4.69) is 5.32 Å². The van der Waals surface area contributed by atoms with Gasteiger partial charge in [0.15, 0.2) is 23.0 Å². The molecule has 0 radical (unpaired) electrons. The number of hydrogen-bond acceptors (Lipinski definition) is 9. The maximum atomic E-state index is 13.3. The Hall–Kier alpha value is -4.02. The molecule has 1 saturated heterocycles. The molecule has 2 aromatic carbocycles. The Kier molecular flexibility index (Phi) is 8.00. The van der Waals surface area contributed by atoms with Gasteiger partial charge in [-0.05, 0) is 42.3 Å². The summed E-state index contributed by atoms with van der Waals surface area (Å²) in [6.45, 7) is 1.62. The van der Waals surface area contributed by atoms with Crippen LogP contribution in [0.2, 0.25) is 0 Å². The first-order valence-corrected chi connectivity index (χ1v) is 10.9. The molecule has 3 rings (SSSR count). The fourth-order valence-electron chi connectivity index (χ4n) is 4.41. The number of benzene rings is 2. The van der Waals surface area contributed by atoms with Crippen LogP contribution in [0.15, 0.2) is 36.4 Å². The van der Waals surface area contributed by atoms with E-state index < -0.39 is 40.7 Å². The van der Waals surface area contributed by atoms with Crippen molar-refractivity contribution in [1.29, 1.82) is 0 Å². The van der Waals surface area contributed by atoms with Crippen molar-refractivity contribution in [2.45, 2.75) is 24.9 Å². The lowest BCUT2D eigenvalue weighted by molar-refractivity contribution is -0.534. The summed E-state index contributed by atoms with van der Waals surface area (Å²) in [6.07, 6.45) is 0. The van der Waals surface area contributed by atoms with E-state index in [1.165, 1.54) is 34.5 Å². The van der Waals surface area contributed by atoms with Crippen molar-refractivity contribution in [2.75, 3.05) is 35.0 Å². The van der Waals surface area contributed by atoms with Crippen molar-refractivity contribution < 1.29 is 38.2 Å². The van der Waals surface area contributed by atoms with Gasteiger partial charge in [-0.25, -0.2) is 0 Å². The standard InChI is InChI=1S/C24H28N2O9/c1-6-35-24(28)20-19(13-7-9-15(31-2)17(11-13)33-4)22(26(29)30)21(25-23(20)27)14-8-10-16(32-3)18(12-14)34-5/h7-12,19-22H,6H2,1-5H3,(H,25,27). The molecule has 1 heterocycles. The third kappa shape index (κ3) is 4.93. The van der Waals surface area contributed by atoms with Crippen molar-refractivity contribution >= 4 is 11.9 Å². The van der Waals surface area contributed by atoms with E-state index in [0.717, 1.165) is 0 Å². The van der Waals surface area contributed by atoms with Gasteiger partial charge in [-0.3, -0.25) is 19.7 Å². The van der Waals surface area contributed by atoms with Crippen molar-refractivity contribution in [2.24, 2.45) is 5.92 Å². The summed E-state index contributed by atoms with van der Waals surface area (Å²) in [7, 11) is 5.79. The zero-order valence-corrected chi connectivity index (χ0v) is 20.1. The lowest BCUT2D eigenvalue weighted by atomic mass is 9.73. The normalized spacial score (nSPS) is 21.5. The molecule has 0 bridgehead atoms. The van der Waals surface area contributed by atoms with Gasteiger partial charge in [0.2, 0.25) is 11.9 Å². The second kappa shape index (κ2) is 10.9. The molecule has 11 heteroatoms. The van der Waals surface area contributed by atoms with E-state index in [4.69, 9.17) is 23.7 Å². The zero-order valence-electron chi connectivity index (χ0n) is 20.1. The van der Waals surface area contributed by atoms with Crippen molar-refractivity contribution in [3.05, 3.63) is 57.6 Å². The quantitative estimate of drug-likeness (QED) is 0.244. The number of carbonyl (C=O) groups excluding carboxylic acids is 2. The number of nitrogens with one attached hydrogen (secondary N) is 1. The topological polar surface area (TPSA) is 135 Å². The zero-order chi connectivity index (χ0) is 25.7. The average Bonchev–Trinajstić information content (AvgIpc) is 2.86. The summed E-state index contributed by atoms with van der Waals surface area (Å²) < 4.78 is 26.3. The number of esters is 1. The molecule has 188 valence electrons. The molecule has 1 fully saturated rings. The lowest BCUT2D eigenvalue weighted by Gasteiger charge is -2.37. The van der Waals surface area contributed by atoms with Crippen LogP contribution in [0.1, 0.15) is 30.0 Å². The van der Waals surface area contributed by atoms with E-state index in [1.54, 1.807) is 37.3 Å². The van der Waals surface area contributed by atoms with Crippen LogP contribution in [0.5, 0.6) is 23.0 Å². The highest BCUT2D eigenvalue weighted by Crippen LogP contribution is 2.44. The van der Waals surface area contributed by atoms with Gasteiger partial charge in [0.05, 0.1) is 41.0 Å². The highest BCUT2D eigenvalue weighted by molar-refractivity contribution is 6.00. The maximum absolute atomic E-state index is 13.3. The highest BCUT2D eigenvalue weighted by atomic mass is 16.6. The van der Waals surface area contributed by atoms with E-state index in [9.17, 15) is 19.7 Å². The van der Waals surface area contributed by atoms with Gasteiger partial charge in [-0.2, -0.15) is 0 Å². The smallest absolute Gasteiger partial charge is 0.319 e. The van der Waals surface area contributed by atoms with Crippen LogP contribution < -0.4 is 24.3 Å². The summed E-state index contributed by atoms with van der Waals surface area (Å²) in [6, 6.07) is 6.98. The number of rotatable bonds is 9. The minimum Gasteiger partial charge on any atom is -0.493 e. The van der Waals surface area contributed by atoms with Crippen LogP contribution in [0.25, 0.3) is 0 Å². The van der Waals surface area contributed by atoms with Gasteiger partial charge in [-0.1, -0.05) is 12.1 Å². The maximum Gasteiger partial charge on any atom is 0.319 e. The number of hydrogen-bond donors (Lipinski definition) is 1. The van der Waals surface area contributed by atoms with Crippen LogP contribution in [0.4, 0.5) is 0 Å². The molecule has 0 aliphatic carbocycles. The minimum absolute atomic E-state index is 0.0174. The molecule has 0 saturated carbocycles. The van der Waals surface area contributed by atoms with Gasteiger partial charge < -0.3 is 29.0 Å². The van der Waals surface area contributed by atoms with Crippen molar-refractivity contribution in [3.8, 4) is 23.0 Å². The third-order valence-corrected chi connectivity index (χ3v) is 5.99. The Morgan fingerprint density at radius 1 is 0.914 bits per heavy atom. The predicted octanol–water partition coefficient (Wildman–Crippen LogP) is 2.50. The van der Waals surface area contributed by atoms with E-state index in [1.807, 2.05) is 0 Å². The van der Waals surface area contributed by atoms with E-state index in [-0.39, 0.29) is 6.61 Å². The van der Waals surface area contributed by atoms with E-state index in [0.29, 0.717) is 34.1 Å². The Morgan fingerprint density at radius 2 is 1.43 bits per heavy atom. The summed E-state index contributed by atoms with van der Waals surface area (Å²) in [5.74, 6) is -2.64. The summed E-state index contributed by atoms with van der Waals surface area (Å²) in [5, 5.41) is 15.2. The Balaban J connectivity index is 2.20. The molecule has 0 aromatic heterocycles. The Labute approximate surface area is 202 Å². The molecule has 1 amide bonds. The number of nitrogens with zero attached hydrogens (tertiary/aromatic N) is 1. The molecule has 0 spiro atoms. The molecule has 1 aliphatic heterocycles. The number of ether oxygens (including phenoxy) is 5. The predicted molar refractivity (Wildman–Crippen MR) is 124 cm³/mol. The molecule has 2 aromatic rings. The fourth-order valence-corrected chi connectivity index (χ4v) is 4.41. The second-order valence-electron chi connectivity index (χ2n) is 7.75. The lowest BCUT2D eigenvalue weighted by Crippen LogP contribution is -2.56. The molecule has 4 unspecified atom stereocenters. The average molecular weight is 488 g/mol. The number of amides is 1. The van der Waals surface area contributed by atoms with Crippen LogP contribution >= 0.6 is 0 Å². The molecule has 4 atom stereocenters. The Morgan fingerprint density at radius 3 is 1.91 bits per heavy atom. The number of methoxy groups -OCH3 is 4. The Bertz CT molecular complexity index is 1100. The van der Waals surface area contributed by atoms with Crippen LogP contribution in [-0.4, -0.2) is 57.9 Å². The van der Waals surface area contributed by atoms with Crippen molar-refractivity contribution in [1.82, 2.24) is 5.32 Å². The number of carbonyl (C=O) groups is 2. The first-order valence-electron chi connectivity index (χ1n) is 10.9. The summed E-state index contributed by atoms with van der Waals surface area (Å²) >= 11 is 0. The highest BCUT2D eigenvalue weighted by Gasteiger charge is 2.55. The van der Waals surface area contributed by atoms with Crippen LogP contribution in [0, 0.1) is 16.0 Å². The molecule has 1 aliphatic rings. The van der Waals surface area contributed by atoms with Crippen molar-refractivity contribution in [3.63, 3.8) is 0 Å². The second-order valence-corrected chi connectivity index (χ2v) is 7.75. The summed E-state index contributed by atoms with van der Waals surface area (Å²) in [5.41, 5.74) is 0.785. The molecule has 11 nitrogen and oxygen atoms in total. The van der Waals surface area contributed by atoms with Crippen LogP contribution in [-0.2, 0) is 14.3 Å². The van der Waals surface area contributed by atoms with Gasteiger partial charge in [-0.15, -0.1) is 0 Å². The molecular weight excluding hydrogens is 460 g/mol. The van der Waals surface area contributed by atoms with Gasteiger partial charge >= 0.3 is 5.97 Å². The minimum atomic E-state index is -1.44. The van der Waals surface area contributed by atoms with E-state index >= 15 is 0 Å². The van der Waals surface area contributed by atoms with Gasteiger partial charge in [0.25, 0.3) is 0 Å². The first-order chi connectivity index (χ1) is 16.8. The monoisotopic (exact) mass is 488 g/mol. The SMILES string of the molecule is CCOC(=O)C1C(=O)NC(c2ccc(OC)c(OC)c2)C([N+](=O)[O-])C1c1ccc(OC)c(OC)c1. The number of nitro groups is 1. The molecular formula is C24H28N2O9. The fraction of sp³-hybridized carbons (Fsp3) is 0.417.